The Bertz CT molecular complexity index is 328. The van der Waals surface area contributed by atoms with Gasteiger partial charge in [-0.25, -0.2) is 8.78 Å². The van der Waals surface area contributed by atoms with Gasteiger partial charge in [-0.1, -0.05) is 12.1 Å². The maximum atomic E-state index is 13.6. The third kappa shape index (κ3) is 3.16. The van der Waals surface area contributed by atoms with Gasteiger partial charge in [0.05, 0.1) is 0 Å². The molecular weight excluding hydrogens is 200 g/mol. The van der Waals surface area contributed by atoms with Crippen molar-refractivity contribution in [3.05, 3.63) is 29.8 Å². The van der Waals surface area contributed by atoms with Crippen molar-refractivity contribution < 1.29 is 13.9 Å². The molecule has 0 spiro atoms. The molecule has 0 aromatic heterocycles. The minimum Gasteiger partial charge on any atom is -0.508 e. The summed E-state index contributed by atoms with van der Waals surface area (Å²) in [5, 5.41) is 11.9. The van der Waals surface area contributed by atoms with Crippen LogP contribution in [0.3, 0.4) is 0 Å². The topological polar surface area (TPSA) is 32.3 Å². The first-order valence-corrected chi connectivity index (χ1v) is 4.80. The second-order valence-corrected chi connectivity index (χ2v) is 3.65. The van der Waals surface area contributed by atoms with E-state index in [0.29, 0.717) is 0 Å². The van der Waals surface area contributed by atoms with Crippen LogP contribution in [0.4, 0.5) is 8.78 Å². The molecule has 0 amide bonds. The summed E-state index contributed by atoms with van der Waals surface area (Å²) >= 11 is 0. The normalized spacial score (nSPS) is 13.9. The number of hydrogen-bond donors (Lipinski definition) is 2. The fraction of sp³-hybridized carbons (Fsp3) is 0.455. The van der Waals surface area contributed by atoms with E-state index >= 15 is 0 Å². The molecule has 1 rings (SSSR count). The van der Waals surface area contributed by atoms with Gasteiger partial charge in [0.2, 0.25) is 0 Å². The number of benzene rings is 1. The third-order valence-electron chi connectivity index (χ3n) is 2.32. The van der Waals surface area contributed by atoms with E-state index in [1.165, 1.54) is 18.2 Å². The fourth-order valence-electron chi connectivity index (χ4n) is 1.34. The van der Waals surface area contributed by atoms with Crippen LogP contribution >= 0.6 is 0 Å². The Balaban J connectivity index is 2.85. The summed E-state index contributed by atoms with van der Waals surface area (Å²) in [7, 11) is 1.64. The highest BCUT2D eigenvalue weighted by atomic mass is 19.3. The SMILES string of the molecule is CNC(C)CC(F)(F)c1cccc(O)c1. The van der Waals surface area contributed by atoms with E-state index in [4.69, 9.17) is 5.11 Å². The van der Waals surface area contributed by atoms with Gasteiger partial charge in [-0.2, -0.15) is 0 Å². The van der Waals surface area contributed by atoms with E-state index in [1.807, 2.05) is 0 Å². The van der Waals surface area contributed by atoms with Crippen LogP contribution in [0.25, 0.3) is 0 Å². The third-order valence-corrected chi connectivity index (χ3v) is 2.32. The highest BCUT2D eigenvalue weighted by Gasteiger charge is 2.33. The van der Waals surface area contributed by atoms with Crippen molar-refractivity contribution in [1.82, 2.24) is 5.32 Å². The Morgan fingerprint density at radius 3 is 2.67 bits per heavy atom. The molecule has 15 heavy (non-hydrogen) atoms. The molecule has 1 atom stereocenters. The van der Waals surface area contributed by atoms with E-state index in [2.05, 4.69) is 5.32 Å². The zero-order valence-corrected chi connectivity index (χ0v) is 8.80. The van der Waals surface area contributed by atoms with Crippen LogP contribution in [-0.2, 0) is 5.92 Å². The lowest BCUT2D eigenvalue weighted by atomic mass is 10.0. The summed E-state index contributed by atoms with van der Waals surface area (Å²) in [5.41, 5.74) is -0.149. The van der Waals surface area contributed by atoms with Crippen molar-refractivity contribution in [2.45, 2.75) is 25.3 Å². The highest BCUT2D eigenvalue weighted by Crippen LogP contribution is 2.34. The Morgan fingerprint density at radius 2 is 2.13 bits per heavy atom. The predicted octanol–water partition coefficient (Wildman–Crippen LogP) is 2.48. The summed E-state index contributed by atoms with van der Waals surface area (Å²) < 4.78 is 27.2. The lowest BCUT2D eigenvalue weighted by Crippen LogP contribution is -2.29. The molecule has 0 radical (unpaired) electrons. The minimum absolute atomic E-state index is 0.135. The smallest absolute Gasteiger partial charge is 0.274 e. The van der Waals surface area contributed by atoms with Crippen LogP contribution in [0, 0.1) is 0 Å². The Morgan fingerprint density at radius 1 is 1.47 bits per heavy atom. The molecular formula is C11H15F2NO. The molecule has 2 nitrogen and oxygen atoms in total. The largest absolute Gasteiger partial charge is 0.508 e. The molecule has 0 heterocycles. The van der Waals surface area contributed by atoms with Crippen LogP contribution < -0.4 is 5.32 Å². The van der Waals surface area contributed by atoms with Crippen LogP contribution in [0.1, 0.15) is 18.9 Å². The van der Waals surface area contributed by atoms with Gasteiger partial charge in [-0.05, 0) is 26.1 Å². The molecule has 0 fully saturated rings. The average Bonchev–Trinajstić information content (AvgIpc) is 2.17. The number of hydrogen-bond acceptors (Lipinski definition) is 2. The van der Waals surface area contributed by atoms with Gasteiger partial charge in [-0.15, -0.1) is 0 Å². The quantitative estimate of drug-likeness (QED) is 0.808. The molecule has 4 heteroatoms. The Hall–Kier alpha value is -1.16. The zero-order valence-electron chi connectivity index (χ0n) is 8.80. The number of nitrogens with one attached hydrogen (secondary N) is 1. The Kier molecular flexibility index (Phi) is 3.63. The van der Waals surface area contributed by atoms with Crippen molar-refractivity contribution in [2.24, 2.45) is 0 Å². The van der Waals surface area contributed by atoms with Crippen LogP contribution in [0.2, 0.25) is 0 Å². The summed E-state index contributed by atoms with van der Waals surface area (Å²) in [6.07, 6.45) is -0.285. The summed E-state index contributed by atoms with van der Waals surface area (Å²) in [6.45, 7) is 1.69. The second-order valence-electron chi connectivity index (χ2n) is 3.65. The van der Waals surface area contributed by atoms with Gasteiger partial charge < -0.3 is 10.4 Å². The van der Waals surface area contributed by atoms with Gasteiger partial charge in [0.1, 0.15) is 5.75 Å². The van der Waals surface area contributed by atoms with Crippen molar-refractivity contribution in [2.75, 3.05) is 7.05 Å². The molecule has 1 unspecified atom stereocenters. The highest BCUT2D eigenvalue weighted by molar-refractivity contribution is 5.30. The Labute approximate surface area is 87.9 Å². The van der Waals surface area contributed by atoms with E-state index in [-0.39, 0.29) is 23.8 Å². The lowest BCUT2D eigenvalue weighted by molar-refractivity contribution is -0.0208. The van der Waals surface area contributed by atoms with Gasteiger partial charge in [-0.3, -0.25) is 0 Å². The maximum absolute atomic E-state index is 13.6. The zero-order chi connectivity index (χ0) is 11.5. The minimum atomic E-state index is -2.92. The number of rotatable bonds is 4. The number of aromatic hydroxyl groups is 1. The van der Waals surface area contributed by atoms with Crippen molar-refractivity contribution in [3.63, 3.8) is 0 Å². The standard InChI is InChI=1S/C11H15F2NO/c1-8(14-2)7-11(12,13)9-4-3-5-10(15)6-9/h3-6,8,14-15H,7H2,1-2H3. The first-order chi connectivity index (χ1) is 6.95. The number of phenols is 1. The maximum Gasteiger partial charge on any atom is 0.274 e. The molecule has 2 N–H and O–H groups in total. The number of halogens is 2. The van der Waals surface area contributed by atoms with Crippen LogP contribution in [0.5, 0.6) is 5.75 Å². The monoisotopic (exact) mass is 215 g/mol. The van der Waals surface area contributed by atoms with E-state index in [0.717, 1.165) is 6.07 Å². The number of phenolic OH excluding ortho intramolecular Hbond substituents is 1. The average molecular weight is 215 g/mol. The van der Waals surface area contributed by atoms with E-state index in [1.54, 1.807) is 14.0 Å². The van der Waals surface area contributed by atoms with Gasteiger partial charge in [0, 0.05) is 18.0 Å². The summed E-state index contributed by atoms with van der Waals surface area (Å²) in [4.78, 5) is 0. The molecule has 1 aromatic rings. The lowest BCUT2D eigenvalue weighted by Gasteiger charge is -2.20. The molecule has 84 valence electrons. The second kappa shape index (κ2) is 4.57. The molecule has 0 aliphatic heterocycles. The molecule has 0 saturated carbocycles. The molecule has 1 aromatic carbocycles. The van der Waals surface area contributed by atoms with Crippen molar-refractivity contribution in [1.29, 1.82) is 0 Å². The summed E-state index contributed by atoms with van der Waals surface area (Å²) in [6, 6.07) is 4.94. The van der Waals surface area contributed by atoms with Crippen LogP contribution in [-0.4, -0.2) is 18.2 Å². The molecule has 0 bridgehead atoms. The van der Waals surface area contributed by atoms with Gasteiger partial charge in [0.25, 0.3) is 5.92 Å². The molecule has 0 aliphatic rings. The number of alkyl halides is 2. The van der Waals surface area contributed by atoms with E-state index < -0.39 is 5.92 Å². The van der Waals surface area contributed by atoms with E-state index in [9.17, 15) is 8.78 Å². The van der Waals surface area contributed by atoms with Gasteiger partial charge in [0.15, 0.2) is 0 Å². The predicted molar refractivity (Wildman–Crippen MR) is 55.1 cm³/mol. The fourth-order valence-corrected chi connectivity index (χ4v) is 1.34. The molecule has 0 aliphatic carbocycles. The first kappa shape index (κ1) is 11.9. The molecule has 0 saturated heterocycles. The van der Waals surface area contributed by atoms with Crippen molar-refractivity contribution >= 4 is 0 Å². The van der Waals surface area contributed by atoms with Gasteiger partial charge >= 0.3 is 0 Å². The first-order valence-electron chi connectivity index (χ1n) is 4.80. The van der Waals surface area contributed by atoms with Crippen molar-refractivity contribution in [3.8, 4) is 5.75 Å². The summed E-state index contributed by atoms with van der Waals surface area (Å²) in [5.74, 6) is -3.05. The van der Waals surface area contributed by atoms with Crippen LogP contribution in [0.15, 0.2) is 24.3 Å².